The minimum Gasteiger partial charge on any atom is -0.490 e. The number of carbonyl (C=O) groups excluding carboxylic acids is 1. The number of carbonyl (C=O) groups is 1. The van der Waals surface area contributed by atoms with Crippen molar-refractivity contribution in [3.8, 4) is 5.75 Å². The molecule has 1 spiro atoms. The van der Waals surface area contributed by atoms with Gasteiger partial charge in [0.25, 0.3) is 5.91 Å². The standard InChI is InChI=1S/C33H42N2O4S/c1-22-8-6-12-30(38-3)27-15-13-26(27)19-35-20-33(17-7-10-24-9-4-5-11-28(24)33)21-39-31-16-14-25(18-29(31)35)32(36)34-40(37)23(22)2/h4-6,9,11-12,14,16,18,22-23,26-27,30H,7-8,10,13,15,17,19-21H2,1-3H3,(H,34,36)/b12-6+/t22?,23?,26?,27?,30?,33-,40?/m0/s1. The Hall–Kier alpha value is -2.64. The van der Waals surface area contributed by atoms with Crippen LogP contribution in [0, 0.1) is 17.8 Å². The molecule has 2 aromatic carbocycles. The summed E-state index contributed by atoms with van der Waals surface area (Å²) in [6, 6.07) is 14.6. The highest BCUT2D eigenvalue weighted by molar-refractivity contribution is 7.84. The Morgan fingerprint density at radius 1 is 1.15 bits per heavy atom. The Morgan fingerprint density at radius 3 is 2.80 bits per heavy atom. The van der Waals surface area contributed by atoms with E-state index in [1.165, 1.54) is 17.5 Å². The van der Waals surface area contributed by atoms with Crippen LogP contribution >= 0.6 is 0 Å². The van der Waals surface area contributed by atoms with Crippen molar-refractivity contribution in [1.29, 1.82) is 0 Å². The predicted octanol–water partition coefficient (Wildman–Crippen LogP) is 5.58. The summed E-state index contributed by atoms with van der Waals surface area (Å²) in [5.74, 6) is 1.62. The molecule has 1 fully saturated rings. The largest absolute Gasteiger partial charge is 0.490 e. The average Bonchev–Trinajstić information content (AvgIpc) is 3.10. The number of nitrogens with one attached hydrogen (secondary N) is 1. The Labute approximate surface area is 241 Å². The molecule has 7 heteroatoms. The molecule has 0 saturated heterocycles. The topological polar surface area (TPSA) is 67.9 Å². The van der Waals surface area contributed by atoms with Gasteiger partial charge in [-0.05, 0) is 92.5 Å². The highest BCUT2D eigenvalue weighted by Crippen LogP contribution is 2.46. The van der Waals surface area contributed by atoms with Crippen molar-refractivity contribution in [3.05, 3.63) is 71.3 Å². The Balaban J connectivity index is 1.41. The minimum absolute atomic E-state index is 0.0674. The fourth-order valence-corrected chi connectivity index (χ4v) is 8.25. The van der Waals surface area contributed by atoms with Gasteiger partial charge in [0, 0.05) is 31.2 Å². The van der Waals surface area contributed by atoms with Gasteiger partial charge in [-0.3, -0.25) is 9.52 Å². The minimum atomic E-state index is -1.49. The van der Waals surface area contributed by atoms with Crippen molar-refractivity contribution in [2.45, 2.75) is 69.1 Å². The van der Waals surface area contributed by atoms with Crippen LogP contribution in [0.5, 0.6) is 5.75 Å². The molecular formula is C33H42N2O4S. The van der Waals surface area contributed by atoms with Gasteiger partial charge in [0.15, 0.2) is 0 Å². The number of anilines is 1. The number of hydrogen-bond acceptors (Lipinski definition) is 5. The van der Waals surface area contributed by atoms with Gasteiger partial charge in [0.1, 0.15) is 16.7 Å². The van der Waals surface area contributed by atoms with E-state index in [0.29, 0.717) is 24.0 Å². The molecule has 6 nitrogen and oxygen atoms in total. The molecule has 1 N–H and O–H groups in total. The van der Waals surface area contributed by atoms with Gasteiger partial charge in [0.05, 0.1) is 23.6 Å². The quantitative estimate of drug-likeness (QED) is 0.460. The van der Waals surface area contributed by atoms with Gasteiger partial charge < -0.3 is 14.4 Å². The maximum atomic E-state index is 13.3. The molecule has 40 heavy (non-hydrogen) atoms. The molecule has 6 unspecified atom stereocenters. The van der Waals surface area contributed by atoms with E-state index in [4.69, 9.17) is 9.47 Å². The van der Waals surface area contributed by atoms with Crippen LogP contribution in [-0.4, -0.2) is 48.3 Å². The molecule has 2 aromatic rings. The second-order valence-electron chi connectivity index (χ2n) is 12.4. The lowest BCUT2D eigenvalue weighted by Crippen LogP contribution is -2.49. The van der Waals surface area contributed by atoms with Crippen molar-refractivity contribution in [2.75, 3.05) is 31.7 Å². The molecule has 0 radical (unpaired) electrons. The van der Waals surface area contributed by atoms with E-state index in [0.717, 1.165) is 56.6 Å². The summed E-state index contributed by atoms with van der Waals surface area (Å²) < 4.78 is 28.5. The summed E-state index contributed by atoms with van der Waals surface area (Å²) in [6.07, 6.45) is 10.9. The summed E-state index contributed by atoms with van der Waals surface area (Å²) in [5.41, 5.74) is 4.20. The average molecular weight is 563 g/mol. The monoisotopic (exact) mass is 562 g/mol. The van der Waals surface area contributed by atoms with E-state index in [1.54, 1.807) is 0 Å². The first-order valence-corrected chi connectivity index (χ1v) is 16.1. The summed E-state index contributed by atoms with van der Waals surface area (Å²) >= 11 is 0. The van der Waals surface area contributed by atoms with Crippen LogP contribution in [0.1, 0.15) is 67.4 Å². The van der Waals surface area contributed by atoms with Crippen LogP contribution in [-0.2, 0) is 27.6 Å². The van der Waals surface area contributed by atoms with E-state index >= 15 is 0 Å². The highest BCUT2D eigenvalue weighted by Gasteiger charge is 2.44. The normalized spacial score (nSPS) is 34.9. The Kier molecular flexibility index (Phi) is 7.79. The van der Waals surface area contributed by atoms with Crippen molar-refractivity contribution in [2.24, 2.45) is 17.8 Å². The van der Waals surface area contributed by atoms with Crippen molar-refractivity contribution in [1.82, 2.24) is 4.72 Å². The number of fused-ring (bicyclic) bond motifs is 4. The van der Waals surface area contributed by atoms with Gasteiger partial charge in [-0.1, -0.05) is 43.3 Å². The first kappa shape index (κ1) is 27.5. The molecule has 4 aliphatic rings. The Bertz CT molecular complexity index is 1310. The smallest absolute Gasteiger partial charge is 0.263 e. The van der Waals surface area contributed by atoms with E-state index in [-0.39, 0.29) is 28.6 Å². The molecule has 1 amide bonds. The molecular weight excluding hydrogens is 520 g/mol. The lowest BCUT2D eigenvalue weighted by molar-refractivity contribution is 0.0131. The molecule has 6 rings (SSSR count). The number of ether oxygens (including phenoxy) is 2. The number of allylic oxidation sites excluding steroid dienone is 1. The first-order chi connectivity index (χ1) is 19.4. The van der Waals surface area contributed by atoms with Crippen molar-refractivity contribution in [3.63, 3.8) is 0 Å². The second-order valence-corrected chi connectivity index (χ2v) is 14.0. The van der Waals surface area contributed by atoms with Gasteiger partial charge in [0.2, 0.25) is 0 Å². The summed E-state index contributed by atoms with van der Waals surface area (Å²) in [7, 11) is 0.326. The molecule has 214 valence electrons. The van der Waals surface area contributed by atoms with Crippen LogP contribution in [0.2, 0.25) is 0 Å². The lowest BCUT2D eigenvalue weighted by atomic mass is 9.68. The summed E-state index contributed by atoms with van der Waals surface area (Å²) in [4.78, 5) is 15.8. The molecule has 0 aromatic heterocycles. The molecule has 2 heterocycles. The third-order valence-corrected chi connectivity index (χ3v) is 11.6. The van der Waals surface area contributed by atoms with Crippen LogP contribution in [0.15, 0.2) is 54.6 Å². The number of benzene rings is 2. The zero-order chi connectivity index (χ0) is 27.9. The van der Waals surface area contributed by atoms with E-state index in [9.17, 15) is 9.00 Å². The Morgan fingerprint density at radius 2 is 2.00 bits per heavy atom. The third-order valence-electron chi connectivity index (χ3n) is 10.0. The fraction of sp³-hybridized carbons (Fsp3) is 0.545. The number of rotatable bonds is 1. The van der Waals surface area contributed by atoms with E-state index < -0.39 is 11.0 Å². The molecule has 2 bridgehead atoms. The van der Waals surface area contributed by atoms with Gasteiger partial charge in [-0.25, -0.2) is 4.21 Å². The molecule has 2 aliphatic heterocycles. The highest BCUT2D eigenvalue weighted by atomic mass is 32.2. The molecule has 2 aliphatic carbocycles. The number of hydrogen-bond donors (Lipinski definition) is 1. The van der Waals surface area contributed by atoms with E-state index in [1.807, 2.05) is 32.2 Å². The maximum Gasteiger partial charge on any atom is 0.263 e. The van der Waals surface area contributed by atoms with Gasteiger partial charge in [-0.15, -0.1) is 0 Å². The van der Waals surface area contributed by atoms with Crippen LogP contribution < -0.4 is 14.4 Å². The lowest BCUT2D eigenvalue weighted by Gasteiger charge is -2.46. The number of nitrogens with zero attached hydrogens (tertiary/aromatic N) is 1. The van der Waals surface area contributed by atoms with Crippen LogP contribution in [0.4, 0.5) is 5.69 Å². The van der Waals surface area contributed by atoms with Gasteiger partial charge in [-0.2, -0.15) is 0 Å². The number of methoxy groups -OCH3 is 1. The SMILES string of the molecule is COC1/C=C/CC(C)C(C)S(=O)NC(=O)c2ccc3c(c2)N(CC2CCC21)C[C@@]1(CCCc2ccccc21)CO3. The summed E-state index contributed by atoms with van der Waals surface area (Å²) in [5, 5.41) is -0.175. The summed E-state index contributed by atoms with van der Waals surface area (Å²) in [6.45, 7) is 6.40. The van der Waals surface area contributed by atoms with E-state index in [2.05, 4.69) is 53.0 Å². The molecule has 1 saturated carbocycles. The maximum absolute atomic E-state index is 13.3. The fourth-order valence-electron chi connectivity index (χ4n) is 7.23. The van der Waals surface area contributed by atoms with Crippen molar-refractivity contribution < 1.29 is 18.5 Å². The second kappa shape index (κ2) is 11.3. The molecule has 7 atom stereocenters. The van der Waals surface area contributed by atoms with Gasteiger partial charge >= 0.3 is 0 Å². The van der Waals surface area contributed by atoms with Crippen LogP contribution in [0.25, 0.3) is 0 Å². The first-order valence-electron chi connectivity index (χ1n) is 14.9. The van der Waals surface area contributed by atoms with Crippen molar-refractivity contribution >= 4 is 22.6 Å². The van der Waals surface area contributed by atoms with Crippen LogP contribution in [0.3, 0.4) is 0 Å². The predicted molar refractivity (Wildman–Crippen MR) is 160 cm³/mol. The zero-order valence-electron chi connectivity index (χ0n) is 23.9. The third kappa shape index (κ3) is 5.11. The number of amides is 1. The zero-order valence-corrected chi connectivity index (χ0v) is 24.8. The number of aryl methyl sites for hydroxylation is 1.